The first-order valence-corrected chi connectivity index (χ1v) is 5.62. The van der Waals surface area contributed by atoms with Crippen molar-refractivity contribution in [2.24, 2.45) is 0 Å². The molecule has 17 heavy (non-hydrogen) atoms. The highest BCUT2D eigenvalue weighted by atomic mass is 16.3. The number of benzene rings is 1. The molecule has 1 atom stereocenters. The predicted octanol–water partition coefficient (Wildman–Crippen LogP) is 1.15. The van der Waals surface area contributed by atoms with E-state index in [1.807, 2.05) is 6.07 Å². The van der Waals surface area contributed by atoms with E-state index in [1.54, 1.807) is 31.2 Å². The van der Waals surface area contributed by atoms with Crippen LogP contribution in [-0.4, -0.2) is 29.4 Å². The van der Waals surface area contributed by atoms with Gasteiger partial charge in [-0.25, -0.2) is 0 Å². The fourth-order valence-corrected chi connectivity index (χ4v) is 1.39. The molecule has 0 saturated heterocycles. The Kier molecular flexibility index (Phi) is 5.36. The number of rotatable bonds is 6. The van der Waals surface area contributed by atoms with Gasteiger partial charge in [0.2, 0.25) is 5.91 Å². The topological polar surface area (TPSA) is 66.4 Å². The van der Waals surface area contributed by atoms with Crippen molar-refractivity contribution in [1.29, 1.82) is 0 Å². The third-order valence-electron chi connectivity index (χ3n) is 2.36. The fourth-order valence-electron chi connectivity index (χ4n) is 1.39. The van der Waals surface area contributed by atoms with Crippen LogP contribution in [0, 0.1) is 0 Å². The average Bonchev–Trinajstić information content (AvgIpc) is 2.36. The van der Waals surface area contributed by atoms with E-state index < -0.39 is 0 Å². The Balaban J connectivity index is 2.36. The SMILES string of the molecule is CC(CO)NC(=O)CCC(=O)c1ccccc1. The van der Waals surface area contributed by atoms with E-state index >= 15 is 0 Å². The molecule has 0 saturated carbocycles. The van der Waals surface area contributed by atoms with Crippen molar-refractivity contribution >= 4 is 11.7 Å². The second-order valence-electron chi connectivity index (χ2n) is 3.94. The summed E-state index contributed by atoms with van der Waals surface area (Å²) in [6, 6.07) is 8.62. The van der Waals surface area contributed by atoms with Gasteiger partial charge in [0.05, 0.1) is 6.61 Å². The number of ketones is 1. The quantitative estimate of drug-likeness (QED) is 0.727. The van der Waals surface area contributed by atoms with Crippen LogP contribution >= 0.6 is 0 Å². The highest BCUT2D eigenvalue weighted by Crippen LogP contribution is 2.04. The van der Waals surface area contributed by atoms with E-state index in [9.17, 15) is 9.59 Å². The molecule has 0 radical (unpaired) electrons. The van der Waals surface area contributed by atoms with Crippen LogP contribution in [0.15, 0.2) is 30.3 Å². The second-order valence-corrected chi connectivity index (χ2v) is 3.94. The van der Waals surface area contributed by atoms with E-state index in [0.29, 0.717) is 5.56 Å². The summed E-state index contributed by atoms with van der Waals surface area (Å²) in [6.45, 7) is 1.61. The largest absolute Gasteiger partial charge is 0.394 e. The number of amides is 1. The van der Waals surface area contributed by atoms with Crippen molar-refractivity contribution in [2.75, 3.05) is 6.61 Å². The Bertz CT molecular complexity index is 376. The van der Waals surface area contributed by atoms with Crippen LogP contribution in [0.2, 0.25) is 0 Å². The van der Waals surface area contributed by atoms with Gasteiger partial charge in [-0.15, -0.1) is 0 Å². The molecule has 0 spiro atoms. The monoisotopic (exact) mass is 235 g/mol. The van der Waals surface area contributed by atoms with Crippen molar-refractivity contribution in [2.45, 2.75) is 25.8 Å². The molecule has 1 aromatic carbocycles. The number of hydrogen-bond donors (Lipinski definition) is 2. The molecule has 2 N–H and O–H groups in total. The fraction of sp³-hybridized carbons (Fsp3) is 0.385. The highest BCUT2D eigenvalue weighted by molar-refractivity contribution is 5.97. The van der Waals surface area contributed by atoms with Gasteiger partial charge in [-0.05, 0) is 6.92 Å². The maximum absolute atomic E-state index is 11.7. The van der Waals surface area contributed by atoms with Crippen LogP contribution in [0.4, 0.5) is 0 Å². The lowest BCUT2D eigenvalue weighted by Gasteiger charge is -2.10. The first-order chi connectivity index (χ1) is 8.13. The minimum atomic E-state index is -0.269. The summed E-state index contributed by atoms with van der Waals surface area (Å²) >= 11 is 0. The molecule has 1 rings (SSSR count). The lowest BCUT2D eigenvalue weighted by molar-refractivity contribution is -0.121. The number of carbonyl (C=O) groups excluding carboxylic acids is 2. The molecule has 0 heterocycles. The first-order valence-electron chi connectivity index (χ1n) is 5.62. The van der Waals surface area contributed by atoms with Crippen LogP contribution in [0.1, 0.15) is 30.1 Å². The normalized spacial score (nSPS) is 11.9. The maximum atomic E-state index is 11.7. The molecule has 92 valence electrons. The average molecular weight is 235 g/mol. The van der Waals surface area contributed by atoms with Crippen molar-refractivity contribution in [3.63, 3.8) is 0 Å². The van der Waals surface area contributed by atoms with Gasteiger partial charge in [-0.3, -0.25) is 9.59 Å². The number of nitrogens with one attached hydrogen (secondary N) is 1. The van der Waals surface area contributed by atoms with Gasteiger partial charge < -0.3 is 10.4 Å². The zero-order valence-electron chi connectivity index (χ0n) is 9.85. The van der Waals surface area contributed by atoms with E-state index in [4.69, 9.17) is 5.11 Å². The summed E-state index contributed by atoms with van der Waals surface area (Å²) < 4.78 is 0. The lowest BCUT2D eigenvalue weighted by atomic mass is 10.1. The number of carbonyl (C=O) groups is 2. The van der Waals surface area contributed by atoms with Crippen molar-refractivity contribution in [3.05, 3.63) is 35.9 Å². The second kappa shape index (κ2) is 6.81. The molecule has 0 aliphatic rings. The van der Waals surface area contributed by atoms with Gasteiger partial charge >= 0.3 is 0 Å². The molecule has 4 nitrogen and oxygen atoms in total. The standard InChI is InChI=1S/C13H17NO3/c1-10(9-15)14-13(17)8-7-12(16)11-5-3-2-4-6-11/h2-6,10,15H,7-9H2,1H3,(H,14,17). The van der Waals surface area contributed by atoms with Gasteiger partial charge in [0.15, 0.2) is 5.78 Å². The van der Waals surface area contributed by atoms with Gasteiger partial charge in [-0.1, -0.05) is 30.3 Å². The number of aliphatic hydroxyl groups excluding tert-OH is 1. The molecular formula is C13H17NO3. The van der Waals surface area contributed by atoms with Gasteiger partial charge in [0.25, 0.3) is 0 Å². The van der Waals surface area contributed by atoms with Gasteiger partial charge in [-0.2, -0.15) is 0 Å². The Morgan fingerprint density at radius 1 is 1.24 bits per heavy atom. The smallest absolute Gasteiger partial charge is 0.220 e. The lowest BCUT2D eigenvalue weighted by Crippen LogP contribution is -2.35. The summed E-state index contributed by atoms with van der Waals surface area (Å²) in [7, 11) is 0. The zero-order valence-corrected chi connectivity index (χ0v) is 9.85. The van der Waals surface area contributed by atoms with E-state index in [-0.39, 0.29) is 37.2 Å². The number of hydrogen-bond acceptors (Lipinski definition) is 3. The van der Waals surface area contributed by atoms with Crippen molar-refractivity contribution < 1.29 is 14.7 Å². The van der Waals surface area contributed by atoms with Crippen LogP contribution in [0.3, 0.4) is 0 Å². The third kappa shape index (κ3) is 4.78. The van der Waals surface area contributed by atoms with Crippen molar-refractivity contribution in [1.82, 2.24) is 5.32 Å². The highest BCUT2D eigenvalue weighted by Gasteiger charge is 2.10. The minimum absolute atomic E-state index is 0.0441. The van der Waals surface area contributed by atoms with Crippen LogP contribution in [0.25, 0.3) is 0 Å². The van der Waals surface area contributed by atoms with Crippen molar-refractivity contribution in [3.8, 4) is 0 Å². The van der Waals surface area contributed by atoms with Crippen LogP contribution < -0.4 is 5.32 Å². The van der Waals surface area contributed by atoms with Gasteiger partial charge in [0, 0.05) is 24.4 Å². The van der Waals surface area contributed by atoms with E-state index in [0.717, 1.165) is 0 Å². The molecule has 1 aromatic rings. The molecule has 4 heteroatoms. The maximum Gasteiger partial charge on any atom is 0.220 e. The molecular weight excluding hydrogens is 218 g/mol. The summed E-state index contributed by atoms with van der Waals surface area (Å²) in [4.78, 5) is 23.0. The first kappa shape index (κ1) is 13.4. The summed E-state index contributed by atoms with van der Waals surface area (Å²) in [5.74, 6) is -0.256. The Morgan fingerprint density at radius 3 is 2.47 bits per heavy atom. The molecule has 0 aliphatic carbocycles. The predicted molar refractivity (Wildman–Crippen MR) is 64.7 cm³/mol. The number of aliphatic hydroxyl groups is 1. The van der Waals surface area contributed by atoms with Crippen LogP contribution in [-0.2, 0) is 4.79 Å². The van der Waals surface area contributed by atoms with E-state index in [2.05, 4.69) is 5.32 Å². The Labute approximate surface area is 101 Å². The summed E-state index contributed by atoms with van der Waals surface area (Å²) in [5.41, 5.74) is 0.621. The van der Waals surface area contributed by atoms with Gasteiger partial charge in [0.1, 0.15) is 0 Å². The minimum Gasteiger partial charge on any atom is -0.394 e. The van der Waals surface area contributed by atoms with Crippen LogP contribution in [0.5, 0.6) is 0 Å². The Morgan fingerprint density at radius 2 is 1.88 bits per heavy atom. The molecule has 1 amide bonds. The summed E-state index contributed by atoms with van der Waals surface area (Å²) in [6.07, 6.45) is 0.339. The molecule has 0 aliphatic heterocycles. The molecule has 0 aromatic heterocycles. The molecule has 1 unspecified atom stereocenters. The zero-order chi connectivity index (χ0) is 12.7. The van der Waals surface area contributed by atoms with E-state index in [1.165, 1.54) is 0 Å². The third-order valence-corrected chi connectivity index (χ3v) is 2.36. The molecule has 0 bridgehead atoms. The number of Topliss-reactive ketones (excluding diaryl/α,β-unsaturated/α-hetero) is 1. The summed E-state index contributed by atoms with van der Waals surface area (Å²) in [5, 5.41) is 11.4. The Hall–Kier alpha value is -1.68. The molecule has 0 fully saturated rings.